The van der Waals surface area contributed by atoms with E-state index < -0.39 is 42.3 Å². The second kappa shape index (κ2) is 18.7. The predicted molar refractivity (Wildman–Crippen MR) is 197 cm³/mol. The number of esters is 1. The monoisotopic (exact) mass is 702 g/mol. The molecule has 6 rings (SSSR count). The van der Waals surface area contributed by atoms with E-state index in [9.17, 15) is 4.79 Å². The van der Waals surface area contributed by atoms with Crippen molar-refractivity contribution >= 4 is 5.97 Å². The van der Waals surface area contributed by atoms with Crippen molar-refractivity contribution in [3.63, 3.8) is 0 Å². The van der Waals surface area contributed by atoms with Crippen molar-refractivity contribution in [1.29, 1.82) is 0 Å². The largest absolute Gasteiger partial charge is 0.447 e. The molecule has 270 valence electrons. The molecule has 6 atom stereocenters. The molecule has 8 nitrogen and oxygen atoms in total. The van der Waals surface area contributed by atoms with Crippen LogP contribution in [0.15, 0.2) is 152 Å². The zero-order valence-corrected chi connectivity index (χ0v) is 29.6. The first-order chi connectivity index (χ1) is 25.5. The van der Waals surface area contributed by atoms with E-state index in [1.165, 1.54) is 7.11 Å². The predicted octanol–water partition coefficient (Wildman–Crippen LogP) is 7.95. The van der Waals surface area contributed by atoms with Gasteiger partial charge in [-0.05, 0) is 41.3 Å². The highest BCUT2D eigenvalue weighted by Crippen LogP contribution is 2.39. The first-order valence-electron chi connectivity index (χ1n) is 17.6. The summed E-state index contributed by atoms with van der Waals surface area (Å²) in [6.07, 6.45) is -4.34. The quantitative estimate of drug-likeness (QED) is 0.0960. The van der Waals surface area contributed by atoms with Crippen LogP contribution < -0.4 is 0 Å². The minimum Gasteiger partial charge on any atom is -0.447 e. The maximum atomic E-state index is 13.9. The fourth-order valence-corrected chi connectivity index (χ4v) is 6.38. The van der Waals surface area contributed by atoms with Crippen LogP contribution in [0.1, 0.15) is 39.5 Å². The summed E-state index contributed by atoms with van der Waals surface area (Å²) in [4.78, 5) is 13.9. The number of methoxy groups -OCH3 is 1. The van der Waals surface area contributed by atoms with Gasteiger partial charge in [0.25, 0.3) is 0 Å². The molecule has 5 aromatic carbocycles. The Morgan fingerprint density at radius 2 is 1.00 bits per heavy atom. The van der Waals surface area contributed by atoms with Crippen molar-refractivity contribution in [2.24, 2.45) is 0 Å². The lowest BCUT2D eigenvalue weighted by atomic mass is 9.90. The molecule has 0 radical (unpaired) electrons. The Labute approximate surface area is 306 Å². The first-order valence-corrected chi connectivity index (χ1v) is 17.6. The lowest BCUT2D eigenvalue weighted by molar-refractivity contribution is -0.269. The number of rotatable bonds is 16. The Hall–Kier alpha value is -4.67. The van der Waals surface area contributed by atoms with Crippen LogP contribution in [0.2, 0.25) is 0 Å². The zero-order chi connectivity index (χ0) is 36.0. The molecule has 1 heterocycles. The second-order valence-corrected chi connectivity index (χ2v) is 12.9. The third kappa shape index (κ3) is 9.80. The maximum Gasteiger partial charge on any atom is 0.338 e. The number of carbonyl (C=O) groups is 1. The fourth-order valence-electron chi connectivity index (χ4n) is 6.38. The van der Waals surface area contributed by atoms with E-state index in [0.717, 1.165) is 22.3 Å². The van der Waals surface area contributed by atoms with Crippen LogP contribution in [0.25, 0.3) is 0 Å². The van der Waals surface area contributed by atoms with Gasteiger partial charge in [0.1, 0.15) is 24.4 Å². The molecule has 0 spiro atoms. The van der Waals surface area contributed by atoms with Gasteiger partial charge in [0.15, 0.2) is 11.9 Å². The smallest absolute Gasteiger partial charge is 0.338 e. The molecule has 0 aromatic heterocycles. The van der Waals surface area contributed by atoms with Crippen LogP contribution in [0.5, 0.6) is 0 Å². The van der Waals surface area contributed by atoms with Crippen LogP contribution >= 0.6 is 0 Å². The van der Waals surface area contributed by atoms with E-state index in [2.05, 4.69) is 0 Å². The Morgan fingerprint density at radius 1 is 0.577 bits per heavy atom. The van der Waals surface area contributed by atoms with Crippen LogP contribution in [0.4, 0.5) is 0 Å². The summed E-state index contributed by atoms with van der Waals surface area (Å²) in [6.45, 7) is 2.96. The molecule has 0 saturated carbocycles. The summed E-state index contributed by atoms with van der Waals surface area (Å²) >= 11 is 0. The van der Waals surface area contributed by atoms with E-state index >= 15 is 0 Å². The highest BCUT2D eigenvalue weighted by molar-refractivity contribution is 5.89. The summed E-state index contributed by atoms with van der Waals surface area (Å²) in [5.41, 5.74) is 2.74. The molecule has 8 heteroatoms. The third-order valence-electron chi connectivity index (χ3n) is 9.09. The molecule has 1 aliphatic rings. The molecule has 0 N–H and O–H groups in total. The van der Waals surface area contributed by atoms with Crippen molar-refractivity contribution < 1.29 is 38.0 Å². The molecule has 1 saturated heterocycles. The van der Waals surface area contributed by atoms with Crippen LogP contribution in [-0.4, -0.2) is 56.0 Å². The molecule has 0 bridgehead atoms. The Kier molecular flexibility index (Phi) is 13.3. The van der Waals surface area contributed by atoms with Gasteiger partial charge in [0.2, 0.25) is 0 Å². The first kappa shape index (κ1) is 37.1. The number of hydrogen-bond donors (Lipinski definition) is 0. The van der Waals surface area contributed by atoms with Crippen molar-refractivity contribution in [2.45, 2.75) is 69.7 Å². The minimum atomic E-state index is -1.53. The molecule has 0 aliphatic carbocycles. The van der Waals surface area contributed by atoms with Gasteiger partial charge in [-0.2, -0.15) is 0 Å². The lowest BCUT2D eigenvalue weighted by Crippen LogP contribution is -2.60. The Balaban J connectivity index is 1.42. The Morgan fingerprint density at radius 3 is 1.48 bits per heavy atom. The van der Waals surface area contributed by atoms with Crippen LogP contribution in [-0.2, 0) is 59.6 Å². The number of ether oxygens (including phenoxy) is 7. The molecule has 52 heavy (non-hydrogen) atoms. The average Bonchev–Trinajstić information content (AvgIpc) is 3.28. The minimum absolute atomic E-state index is 0.132. The van der Waals surface area contributed by atoms with Gasteiger partial charge in [0.05, 0.1) is 38.6 Å². The molecule has 0 amide bonds. The summed E-state index contributed by atoms with van der Waals surface area (Å²) < 4.78 is 46.2. The normalized spacial score (nSPS) is 23.1. The van der Waals surface area contributed by atoms with E-state index in [-0.39, 0.29) is 26.4 Å². The van der Waals surface area contributed by atoms with Crippen molar-refractivity contribution in [2.75, 3.05) is 13.7 Å². The van der Waals surface area contributed by atoms with E-state index in [1.807, 2.05) is 127 Å². The van der Waals surface area contributed by atoms with Gasteiger partial charge >= 0.3 is 5.97 Å². The fraction of sp³-hybridized carbons (Fsp3) is 0.295. The third-order valence-corrected chi connectivity index (χ3v) is 9.09. The van der Waals surface area contributed by atoms with E-state index in [1.54, 1.807) is 31.2 Å². The number of benzene rings is 5. The number of hydrogen-bond acceptors (Lipinski definition) is 8. The summed E-state index contributed by atoms with van der Waals surface area (Å²) in [6, 6.07) is 48.4. The second-order valence-electron chi connectivity index (χ2n) is 12.9. The van der Waals surface area contributed by atoms with Gasteiger partial charge in [-0.25, -0.2) is 4.79 Å². The molecular weight excluding hydrogens is 656 g/mol. The van der Waals surface area contributed by atoms with Crippen molar-refractivity contribution in [3.05, 3.63) is 179 Å². The molecule has 1 fully saturated rings. The van der Waals surface area contributed by atoms with Crippen molar-refractivity contribution in [3.8, 4) is 0 Å². The van der Waals surface area contributed by atoms with Gasteiger partial charge in [0, 0.05) is 7.11 Å². The van der Waals surface area contributed by atoms with Gasteiger partial charge in [-0.15, -0.1) is 0 Å². The van der Waals surface area contributed by atoms with Crippen LogP contribution in [0.3, 0.4) is 0 Å². The number of carbonyl (C=O) groups excluding carboxylic acids is 1. The zero-order valence-electron chi connectivity index (χ0n) is 29.6. The Bertz CT molecular complexity index is 1760. The van der Waals surface area contributed by atoms with E-state index in [4.69, 9.17) is 33.2 Å². The molecule has 5 aromatic rings. The summed E-state index contributed by atoms with van der Waals surface area (Å²) in [5.74, 6) is -0.551. The maximum absolute atomic E-state index is 13.9. The lowest BCUT2D eigenvalue weighted by Gasteiger charge is -2.42. The van der Waals surface area contributed by atoms with Gasteiger partial charge < -0.3 is 33.2 Å². The van der Waals surface area contributed by atoms with Gasteiger partial charge in [-0.3, -0.25) is 0 Å². The molecular formula is C44H46O8. The SMILES string of the molecule is CO[C@H]1O[C@H](COCc2ccccc2)[C@@H](OCc2ccccc2)[C@H](OCc2ccccc2)[C@@H](OCc2ccccc2)[C@@]1(C)OC(=O)c1ccccc1. The molecule has 1 aliphatic heterocycles. The van der Waals surface area contributed by atoms with Crippen LogP contribution in [0, 0.1) is 0 Å². The summed E-state index contributed by atoms with van der Waals surface area (Å²) in [7, 11) is 1.53. The van der Waals surface area contributed by atoms with Gasteiger partial charge in [-0.1, -0.05) is 140 Å². The van der Waals surface area contributed by atoms with Crippen molar-refractivity contribution in [1.82, 2.24) is 0 Å². The highest BCUT2D eigenvalue weighted by Gasteiger charge is 2.58. The molecule has 0 unspecified atom stereocenters. The average molecular weight is 703 g/mol. The topological polar surface area (TPSA) is 81.7 Å². The van der Waals surface area contributed by atoms with E-state index in [0.29, 0.717) is 12.2 Å². The summed E-state index contributed by atoms with van der Waals surface area (Å²) in [5, 5.41) is 0. The standard InChI is InChI=1S/C44H46O8/c1-44(52-42(45)37-26-16-7-17-27-37)41(50-31-36-24-14-6-15-25-36)40(49-30-35-22-12-5-13-23-35)39(48-29-34-20-10-4-11-21-34)38(51-43(44)46-2)32-47-28-33-18-8-3-9-19-33/h3-27,38-41,43H,28-32H2,1-2H3/t38-,39-,40+,41-,43+,44-/m1/s1. The highest BCUT2D eigenvalue weighted by atomic mass is 16.7.